The number of carbonyl (C=O) groups is 1. The van der Waals surface area contributed by atoms with Crippen LogP contribution in [-0.2, 0) is 16.8 Å². The van der Waals surface area contributed by atoms with Crippen LogP contribution in [0.3, 0.4) is 0 Å². The molecule has 2 aliphatic rings. The van der Waals surface area contributed by atoms with Crippen LogP contribution in [0.2, 0.25) is 0 Å². The van der Waals surface area contributed by atoms with Crippen LogP contribution in [0, 0.1) is 13.8 Å². The van der Waals surface area contributed by atoms with E-state index in [9.17, 15) is 4.79 Å². The Labute approximate surface area is 172 Å². The Morgan fingerprint density at radius 2 is 1.76 bits per heavy atom. The molecule has 0 radical (unpaired) electrons. The van der Waals surface area contributed by atoms with Gasteiger partial charge in [0, 0.05) is 25.0 Å². The second-order valence-electron chi connectivity index (χ2n) is 8.42. The van der Waals surface area contributed by atoms with Crippen molar-refractivity contribution in [2.24, 2.45) is 0 Å². The van der Waals surface area contributed by atoms with Gasteiger partial charge in [0.05, 0.1) is 23.3 Å². The van der Waals surface area contributed by atoms with Gasteiger partial charge in [-0.2, -0.15) is 0 Å². The van der Waals surface area contributed by atoms with Gasteiger partial charge in [-0.05, 0) is 61.6 Å². The lowest BCUT2D eigenvalue weighted by Gasteiger charge is -2.46. The molecular weight excluding hydrogens is 358 g/mol. The first-order valence-corrected chi connectivity index (χ1v) is 10.5. The van der Waals surface area contributed by atoms with Crippen LogP contribution in [0.15, 0.2) is 60.8 Å². The first-order valence-electron chi connectivity index (χ1n) is 10.5. The predicted octanol–water partition coefficient (Wildman–Crippen LogP) is 4.58. The van der Waals surface area contributed by atoms with Crippen molar-refractivity contribution in [3.05, 3.63) is 83.2 Å². The SMILES string of the molecule is Cc1ccc2c(c1C)-n1cccc1C1(CCN(C(=O)Cc3ccccc3)CC1)N2. The molecule has 1 N–H and O–H groups in total. The zero-order valence-electron chi connectivity index (χ0n) is 17.1. The van der Waals surface area contributed by atoms with Crippen molar-refractivity contribution in [2.75, 3.05) is 18.4 Å². The summed E-state index contributed by atoms with van der Waals surface area (Å²) in [6, 6.07) is 18.8. The van der Waals surface area contributed by atoms with E-state index >= 15 is 0 Å². The number of likely N-dealkylation sites (tertiary alicyclic amines) is 1. The Kier molecular flexibility index (Phi) is 4.23. The number of aryl methyl sites for hydroxylation is 1. The standard InChI is InChI=1S/C25H27N3O/c1-18-10-11-21-24(19(18)2)28-14-6-9-22(28)25(26-21)12-15-27(16-13-25)23(29)17-20-7-4-3-5-8-20/h3-11,14,26H,12-13,15-17H2,1-2H3. The third-order valence-corrected chi connectivity index (χ3v) is 6.72. The first kappa shape index (κ1) is 18.0. The van der Waals surface area contributed by atoms with Gasteiger partial charge in [-0.15, -0.1) is 0 Å². The molecule has 1 aromatic heterocycles. The van der Waals surface area contributed by atoms with E-state index in [4.69, 9.17) is 0 Å². The fourth-order valence-corrected chi connectivity index (χ4v) is 4.90. The molecule has 2 aromatic carbocycles. The summed E-state index contributed by atoms with van der Waals surface area (Å²) < 4.78 is 2.36. The smallest absolute Gasteiger partial charge is 0.226 e. The Hall–Kier alpha value is -3.01. The average molecular weight is 386 g/mol. The van der Waals surface area contributed by atoms with E-state index in [0.29, 0.717) is 6.42 Å². The molecule has 29 heavy (non-hydrogen) atoms. The van der Waals surface area contributed by atoms with Gasteiger partial charge in [-0.25, -0.2) is 0 Å². The van der Waals surface area contributed by atoms with Crippen LogP contribution >= 0.6 is 0 Å². The van der Waals surface area contributed by atoms with Gasteiger partial charge in [-0.3, -0.25) is 4.79 Å². The van der Waals surface area contributed by atoms with E-state index in [1.165, 1.54) is 28.2 Å². The van der Waals surface area contributed by atoms with Gasteiger partial charge in [0.25, 0.3) is 0 Å². The number of hydrogen-bond acceptors (Lipinski definition) is 2. The van der Waals surface area contributed by atoms with Crippen LogP contribution in [0.1, 0.15) is 35.2 Å². The van der Waals surface area contributed by atoms with Crippen LogP contribution in [-0.4, -0.2) is 28.5 Å². The molecule has 0 aliphatic carbocycles. The number of piperidine rings is 1. The highest BCUT2D eigenvalue weighted by Gasteiger charge is 2.42. The van der Waals surface area contributed by atoms with Crippen molar-refractivity contribution >= 4 is 11.6 Å². The highest BCUT2D eigenvalue weighted by Crippen LogP contribution is 2.44. The summed E-state index contributed by atoms with van der Waals surface area (Å²) in [6.45, 7) is 5.93. The van der Waals surface area contributed by atoms with Crippen molar-refractivity contribution in [2.45, 2.75) is 38.6 Å². The minimum Gasteiger partial charge on any atom is -0.372 e. The number of nitrogens with zero attached hydrogens (tertiary/aromatic N) is 2. The quantitative estimate of drug-likeness (QED) is 0.701. The number of nitrogens with one attached hydrogen (secondary N) is 1. The number of fused-ring (bicyclic) bond motifs is 4. The van der Waals surface area contributed by atoms with E-state index in [1.807, 2.05) is 35.2 Å². The monoisotopic (exact) mass is 385 g/mol. The minimum atomic E-state index is -0.109. The molecule has 2 aliphatic heterocycles. The van der Waals surface area contributed by atoms with E-state index < -0.39 is 0 Å². The number of aromatic nitrogens is 1. The molecule has 0 saturated carbocycles. The second kappa shape index (κ2) is 6.80. The zero-order valence-corrected chi connectivity index (χ0v) is 17.1. The molecule has 1 amide bonds. The fraction of sp³-hybridized carbons (Fsp3) is 0.320. The third kappa shape index (κ3) is 2.94. The van der Waals surface area contributed by atoms with Crippen molar-refractivity contribution in [1.29, 1.82) is 0 Å². The summed E-state index contributed by atoms with van der Waals surface area (Å²) in [4.78, 5) is 14.8. The van der Waals surface area contributed by atoms with Crippen molar-refractivity contribution in [3.8, 4) is 5.69 Å². The Bertz CT molecular complexity index is 1060. The number of anilines is 1. The topological polar surface area (TPSA) is 37.3 Å². The van der Waals surface area contributed by atoms with Gasteiger partial charge < -0.3 is 14.8 Å². The summed E-state index contributed by atoms with van der Waals surface area (Å²) in [6.07, 6.45) is 4.50. The Morgan fingerprint density at radius 3 is 2.52 bits per heavy atom. The zero-order chi connectivity index (χ0) is 20.0. The fourth-order valence-electron chi connectivity index (χ4n) is 4.90. The molecule has 0 bridgehead atoms. The highest BCUT2D eigenvalue weighted by molar-refractivity contribution is 5.79. The van der Waals surface area contributed by atoms with Crippen molar-refractivity contribution < 1.29 is 4.79 Å². The van der Waals surface area contributed by atoms with E-state index in [1.54, 1.807) is 0 Å². The lowest BCUT2D eigenvalue weighted by molar-refractivity contribution is -0.132. The number of benzene rings is 2. The highest BCUT2D eigenvalue weighted by atomic mass is 16.2. The summed E-state index contributed by atoms with van der Waals surface area (Å²) >= 11 is 0. The molecule has 3 aromatic rings. The second-order valence-corrected chi connectivity index (χ2v) is 8.42. The number of carbonyl (C=O) groups excluding carboxylic acids is 1. The van der Waals surface area contributed by atoms with E-state index in [-0.39, 0.29) is 11.4 Å². The third-order valence-electron chi connectivity index (χ3n) is 6.72. The Morgan fingerprint density at radius 1 is 1.00 bits per heavy atom. The average Bonchev–Trinajstić information content (AvgIpc) is 3.23. The van der Waals surface area contributed by atoms with Crippen LogP contribution < -0.4 is 5.32 Å². The summed E-state index contributed by atoms with van der Waals surface area (Å²) in [5.41, 5.74) is 7.37. The van der Waals surface area contributed by atoms with Crippen LogP contribution in [0.5, 0.6) is 0 Å². The number of hydrogen-bond donors (Lipinski definition) is 1. The van der Waals surface area contributed by atoms with Gasteiger partial charge in [0.15, 0.2) is 0 Å². The van der Waals surface area contributed by atoms with Crippen molar-refractivity contribution in [1.82, 2.24) is 9.47 Å². The molecule has 0 unspecified atom stereocenters. The molecule has 0 atom stereocenters. The maximum absolute atomic E-state index is 12.8. The first-order chi connectivity index (χ1) is 14.1. The number of rotatable bonds is 2. The summed E-state index contributed by atoms with van der Waals surface area (Å²) in [7, 11) is 0. The molecule has 1 spiro atoms. The van der Waals surface area contributed by atoms with Gasteiger partial charge >= 0.3 is 0 Å². The normalized spacial score (nSPS) is 16.8. The lowest BCUT2D eigenvalue weighted by atomic mass is 9.81. The van der Waals surface area contributed by atoms with E-state index in [2.05, 4.69) is 54.2 Å². The molecule has 3 heterocycles. The molecule has 1 saturated heterocycles. The summed E-state index contributed by atoms with van der Waals surface area (Å²) in [5.74, 6) is 0.226. The Balaban J connectivity index is 1.38. The van der Waals surface area contributed by atoms with Crippen LogP contribution in [0.25, 0.3) is 5.69 Å². The van der Waals surface area contributed by atoms with Crippen LogP contribution in [0.4, 0.5) is 5.69 Å². The summed E-state index contributed by atoms with van der Waals surface area (Å²) in [5, 5.41) is 3.87. The molecule has 4 heteroatoms. The maximum atomic E-state index is 12.8. The minimum absolute atomic E-state index is 0.109. The number of amides is 1. The molecule has 1 fully saturated rings. The molecule has 5 rings (SSSR count). The molecular formula is C25H27N3O. The molecule has 148 valence electrons. The largest absolute Gasteiger partial charge is 0.372 e. The van der Waals surface area contributed by atoms with Crippen molar-refractivity contribution in [3.63, 3.8) is 0 Å². The maximum Gasteiger partial charge on any atom is 0.226 e. The van der Waals surface area contributed by atoms with Gasteiger partial charge in [-0.1, -0.05) is 36.4 Å². The van der Waals surface area contributed by atoms with Gasteiger partial charge in [0.1, 0.15) is 0 Å². The van der Waals surface area contributed by atoms with E-state index in [0.717, 1.165) is 31.5 Å². The van der Waals surface area contributed by atoms with Gasteiger partial charge in [0.2, 0.25) is 5.91 Å². The molecule has 4 nitrogen and oxygen atoms in total. The predicted molar refractivity (Wildman–Crippen MR) is 117 cm³/mol. The lowest BCUT2D eigenvalue weighted by Crippen LogP contribution is -2.51.